The van der Waals surface area contributed by atoms with E-state index >= 15 is 0 Å². The van der Waals surface area contributed by atoms with Gasteiger partial charge in [0.15, 0.2) is 5.76 Å². The number of nitrogens with zero attached hydrogens (tertiary/aromatic N) is 4. The van der Waals surface area contributed by atoms with Crippen LogP contribution < -0.4 is 5.32 Å². The van der Waals surface area contributed by atoms with E-state index in [4.69, 9.17) is 8.94 Å². The Kier molecular flexibility index (Phi) is 5.63. The molecule has 164 valence electrons. The van der Waals surface area contributed by atoms with Crippen molar-refractivity contribution in [2.24, 2.45) is 5.92 Å². The lowest BCUT2D eigenvalue weighted by atomic mass is 9.96. The average Bonchev–Trinajstić information content (AvgIpc) is 3.45. The van der Waals surface area contributed by atoms with Gasteiger partial charge in [0.25, 0.3) is 5.91 Å². The van der Waals surface area contributed by atoms with Crippen LogP contribution >= 0.6 is 0 Å². The van der Waals surface area contributed by atoms with Crippen molar-refractivity contribution in [2.75, 3.05) is 19.6 Å². The number of aryl methyl sites for hydroxylation is 3. The Balaban J connectivity index is 1.58. The lowest BCUT2D eigenvalue weighted by molar-refractivity contribution is 0.0946. The van der Waals surface area contributed by atoms with Gasteiger partial charge in [-0.3, -0.25) is 4.79 Å². The highest BCUT2D eigenvalue weighted by Gasteiger charge is 2.44. The van der Waals surface area contributed by atoms with Crippen molar-refractivity contribution in [2.45, 2.75) is 31.6 Å². The zero-order valence-electron chi connectivity index (χ0n) is 17.4. The molecule has 11 heteroatoms. The lowest BCUT2D eigenvalue weighted by Gasteiger charge is -2.16. The maximum Gasteiger partial charge on any atom is 0.251 e. The minimum absolute atomic E-state index is 0.0712. The SMILES string of the molecule is Cc1nnc([C@H]2CN(S(=O)(=O)c3c(C)noc3C)C[C@@H]2CNC(=O)c2ccccc2)o1. The summed E-state index contributed by atoms with van der Waals surface area (Å²) in [6, 6.07) is 8.84. The highest BCUT2D eigenvalue weighted by atomic mass is 32.2. The normalized spacial score (nSPS) is 19.6. The predicted octanol–water partition coefficient (Wildman–Crippen LogP) is 1.82. The molecule has 4 rings (SSSR count). The number of carbonyl (C=O) groups is 1. The Morgan fingerprint density at radius 2 is 1.90 bits per heavy atom. The maximum atomic E-state index is 13.3. The summed E-state index contributed by atoms with van der Waals surface area (Å²) in [6.45, 7) is 5.44. The molecule has 3 aromatic rings. The fraction of sp³-hybridized carbons (Fsp3) is 0.400. The number of carbonyl (C=O) groups excluding carboxylic acids is 1. The number of amides is 1. The van der Waals surface area contributed by atoms with Crippen molar-refractivity contribution < 1.29 is 22.2 Å². The molecule has 2 atom stereocenters. The Labute approximate surface area is 179 Å². The van der Waals surface area contributed by atoms with Gasteiger partial charge in [-0.15, -0.1) is 10.2 Å². The molecular weight excluding hydrogens is 422 g/mol. The van der Waals surface area contributed by atoms with Crippen LogP contribution in [0.15, 0.2) is 44.2 Å². The second-order valence-corrected chi connectivity index (χ2v) is 9.45. The van der Waals surface area contributed by atoms with Crippen LogP contribution in [0.5, 0.6) is 0 Å². The third-order valence-electron chi connectivity index (χ3n) is 5.39. The number of sulfonamides is 1. The summed E-state index contributed by atoms with van der Waals surface area (Å²) in [5.74, 6) is 0.161. The number of aromatic nitrogens is 3. The number of benzene rings is 1. The van der Waals surface area contributed by atoms with E-state index in [1.165, 1.54) is 4.31 Å². The molecule has 10 nitrogen and oxygen atoms in total. The van der Waals surface area contributed by atoms with Crippen molar-refractivity contribution >= 4 is 15.9 Å². The molecule has 1 saturated heterocycles. The first-order chi connectivity index (χ1) is 14.8. The lowest BCUT2D eigenvalue weighted by Crippen LogP contribution is -2.33. The quantitative estimate of drug-likeness (QED) is 0.608. The molecule has 1 aromatic carbocycles. The first-order valence-corrected chi connectivity index (χ1v) is 11.3. The molecule has 1 fully saturated rings. The molecule has 0 unspecified atom stereocenters. The number of rotatable bonds is 6. The summed E-state index contributed by atoms with van der Waals surface area (Å²) in [5.41, 5.74) is 0.842. The van der Waals surface area contributed by atoms with Gasteiger partial charge in [0.05, 0.1) is 5.92 Å². The van der Waals surface area contributed by atoms with Crippen molar-refractivity contribution in [1.29, 1.82) is 0 Å². The fourth-order valence-electron chi connectivity index (χ4n) is 3.86. The molecule has 0 bridgehead atoms. The van der Waals surface area contributed by atoms with Crippen LogP contribution in [0.3, 0.4) is 0 Å². The number of hydrogen-bond donors (Lipinski definition) is 1. The molecule has 1 N–H and O–H groups in total. The fourth-order valence-corrected chi connectivity index (χ4v) is 5.68. The predicted molar refractivity (Wildman–Crippen MR) is 109 cm³/mol. The van der Waals surface area contributed by atoms with E-state index in [0.717, 1.165) is 0 Å². The van der Waals surface area contributed by atoms with Crippen LogP contribution in [0.2, 0.25) is 0 Å². The monoisotopic (exact) mass is 445 g/mol. The van der Waals surface area contributed by atoms with Gasteiger partial charge in [0.1, 0.15) is 10.6 Å². The van der Waals surface area contributed by atoms with Gasteiger partial charge >= 0.3 is 0 Å². The molecule has 31 heavy (non-hydrogen) atoms. The molecule has 1 aliphatic heterocycles. The Hall–Kier alpha value is -3.05. The van der Waals surface area contributed by atoms with Gasteiger partial charge in [0.2, 0.25) is 21.8 Å². The standard InChI is InChI=1S/C20H23N5O5S/c1-12-18(13(2)30-24-12)31(27,28)25-10-16(17(11-25)20-23-22-14(3)29-20)9-21-19(26)15-7-5-4-6-8-15/h4-8,16-17H,9-11H2,1-3H3,(H,21,26)/t16-,17-/m0/s1. The minimum Gasteiger partial charge on any atom is -0.425 e. The topological polar surface area (TPSA) is 131 Å². The van der Waals surface area contributed by atoms with Crippen molar-refractivity contribution in [1.82, 2.24) is 25.0 Å². The smallest absolute Gasteiger partial charge is 0.251 e. The largest absolute Gasteiger partial charge is 0.425 e. The van der Waals surface area contributed by atoms with Crippen LogP contribution in [0, 0.1) is 26.7 Å². The summed E-state index contributed by atoms with van der Waals surface area (Å²) >= 11 is 0. The van der Waals surface area contributed by atoms with Crippen LogP contribution in [-0.2, 0) is 10.0 Å². The van der Waals surface area contributed by atoms with Crippen LogP contribution in [0.25, 0.3) is 0 Å². The van der Waals surface area contributed by atoms with Gasteiger partial charge in [-0.2, -0.15) is 4.31 Å². The van der Waals surface area contributed by atoms with Crippen LogP contribution in [0.1, 0.15) is 39.5 Å². The molecule has 1 aliphatic rings. The number of nitrogens with one attached hydrogen (secondary N) is 1. The molecular formula is C20H23N5O5S. The van der Waals surface area contributed by atoms with E-state index in [0.29, 0.717) is 23.0 Å². The molecule has 3 heterocycles. The minimum atomic E-state index is -3.84. The van der Waals surface area contributed by atoms with E-state index in [1.54, 1.807) is 45.0 Å². The average molecular weight is 446 g/mol. The van der Waals surface area contributed by atoms with Gasteiger partial charge in [-0.05, 0) is 26.0 Å². The zero-order valence-corrected chi connectivity index (χ0v) is 18.2. The molecule has 0 spiro atoms. The Morgan fingerprint density at radius 3 is 2.52 bits per heavy atom. The van der Waals surface area contributed by atoms with Crippen molar-refractivity contribution in [3.63, 3.8) is 0 Å². The summed E-state index contributed by atoms with van der Waals surface area (Å²) in [6.07, 6.45) is 0. The second kappa shape index (κ2) is 8.23. The molecule has 1 amide bonds. The molecule has 2 aromatic heterocycles. The van der Waals surface area contributed by atoms with E-state index in [1.807, 2.05) is 6.07 Å². The van der Waals surface area contributed by atoms with Gasteiger partial charge in [0, 0.05) is 38.0 Å². The molecule has 0 aliphatic carbocycles. The maximum absolute atomic E-state index is 13.3. The summed E-state index contributed by atoms with van der Waals surface area (Å²) in [7, 11) is -3.84. The van der Waals surface area contributed by atoms with Gasteiger partial charge < -0.3 is 14.3 Å². The van der Waals surface area contributed by atoms with Crippen molar-refractivity contribution in [3.05, 3.63) is 59.1 Å². The highest BCUT2D eigenvalue weighted by molar-refractivity contribution is 7.89. The van der Waals surface area contributed by atoms with Gasteiger partial charge in [-0.1, -0.05) is 23.4 Å². The van der Waals surface area contributed by atoms with Gasteiger partial charge in [-0.25, -0.2) is 8.42 Å². The van der Waals surface area contributed by atoms with E-state index in [-0.39, 0.29) is 48.0 Å². The summed E-state index contributed by atoms with van der Waals surface area (Å²) < 4.78 is 38.6. The molecule has 0 saturated carbocycles. The Morgan fingerprint density at radius 1 is 1.16 bits per heavy atom. The van der Waals surface area contributed by atoms with E-state index in [2.05, 4.69) is 20.7 Å². The summed E-state index contributed by atoms with van der Waals surface area (Å²) in [5, 5.41) is 14.6. The first-order valence-electron chi connectivity index (χ1n) is 9.83. The number of hydrogen-bond acceptors (Lipinski definition) is 8. The summed E-state index contributed by atoms with van der Waals surface area (Å²) in [4.78, 5) is 12.6. The molecule has 0 radical (unpaired) electrons. The van der Waals surface area contributed by atoms with E-state index in [9.17, 15) is 13.2 Å². The van der Waals surface area contributed by atoms with Crippen LogP contribution in [0.4, 0.5) is 0 Å². The third-order valence-corrected chi connectivity index (χ3v) is 7.47. The second-order valence-electron chi connectivity index (χ2n) is 7.58. The zero-order chi connectivity index (χ0) is 22.2. The third kappa shape index (κ3) is 4.10. The van der Waals surface area contributed by atoms with E-state index < -0.39 is 10.0 Å². The van der Waals surface area contributed by atoms with Crippen molar-refractivity contribution in [3.8, 4) is 0 Å². The Bertz CT molecular complexity index is 1170. The first kappa shape index (κ1) is 21.2. The highest BCUT2D eigenvalue weighted by Crippen LogP contribution is 2.36. The van der Waals surface area contributed by atoms with Crippen LogP contribution in [-0.4, -0.2) is 53.6 Å².